The summed E-state index contributed by atoms with van der Waals surface area (Å²) in [4.78, 5) is 17.6. The highest BCUT2D eigenvalue weighted by atomic mass is 79.9. The van der Waals surface area contributed by atoms with Gasteiger partial charge in [0.15, 0.2) is 5.96 Å². The summed E-state index contributed by atoms with van der Waals surface area (Å²) in [5, 5.41) is 6.50. The van der Waals surface area contributed by atoms with Crippen molar-refractivity contribution in [2.24, 2.45) is 4.99 Å². The van der Waals surface area contributed by atoms with Crippen LogP contribution in [0.1, 0.15) is 26.3 Å². The van der Waals surface area contributed by atoms with Crippen molar-refractivity contribution < 1.29 is 4.79 Å². The summed E-state index contributed by atoms with van der Waals surface area (Å²) >= 11 is 3.52. The molecule has 128 valence electrons. The van der Waals surface area contributed by atoms with E-state index in [-0.39, 0.29) is 17.9 Å². The highest BCUT2D eigenvalue weighted by molar-refractivity contribution is 9.10. The van der Waals surface area contributed by atoms with Gasteiger partial charge in [-0.1, -0.05) is 41.9 Å². The van der Waals surface area contributed by atoms with Crippen LogP contribution in [-0.4, -0.2) is 50.5 Å². The Morgan fingerprint density at radius 1 is 1.30 bits per heavy atom. The highest BCUT2D eigenvalue weighted by Gasteiger charge is 2.21. The second-order valence-electron chi connectivity index (χ2n) is 6.23. The second kappa shape index (κ2) is 8.91. The predicted octanol–water partition coefficient (Wildman–Crippen LogP) is 2.37. The van der Waals surface area contributed by atoms with E-state index in [1.165, 1.54) is 5.56 Å². The van der Waals surface area contributed by atoms with Crippen molar-refractivity contribution in [1.82, 2.24) is 15.5 Å². The van der Waals surface area contributed by atoms with Gasteiger partial charge in [-0.3, -0.25) is 4.79 Å². The van der Waals surface area contributed by atoms with Crippen molar-refractivity contribution >= 4 is 27.8 Å². The molecule has 6 heteroatoms. The van der Waals surface area contributed by atoms with Gasteiger partial charge in [-0.25, -0.2) is 4.99 Å². The third kappa shape index (κ3) is 6.60. The first-order valence-electron chi connectivity index (χ1n) is 7.74. The lowest BCUT2D eigenvalue weighted by Gasteiger charge is -2.27. The molecule has 0 aliphatic heterocycles. The van der Waals surface area contributed by atoms with Gasteiger partial charge in [0.1, 0.15) is 6.54 Å². The normalized spacial score (nSPS) is 12.0. The van der Waals surface area contributed by atoms with Gasteiger partial charge in [-0.15, -0.1) is 0 Å². The molecule has 0 unspecified atom stereocenters. The van der Waals surface area contributed by atoms with Crippen LogP contribution in [-0.2, 0) is 10.2 Å². The van der Waals surface area contributed by atoms with E-state index < -0.39 is 0 Å². The number of hydrogen-bond donors (Lipinski definition) is 2. The molecular weight excluding hydrogens is 356 g/mol. The number of aliphatic imine (C=N–C) groups is 1. The molecule has 0 saturated carbocycles. The number of nitrogens with one attached hydrogen (secondary N) is 2. The standard InChI is InChI=1S/C17H27BrN4O/c1-6-19-16(20-11-15(23)22(4)5)21-12-17(2,3)13-8-7-9-14(18)10-13/h7-10H,6,11-12H2,1-5H3,(H2,19,20,21). The van der Waals surface area contributed by atoms with Crippen LogP contribution in [0.15, 0.2) is 33.7 Å². The van der Waals surface area contributed by atoms with Gasteiger partial charge in [0.25, 0.3) is 0 Å². The molecule has 1 aromatic rings. The third-order valence-corrected chi connectivity index (χ3v) is 4.01. The van der Waals surface area contributed by atoms with Crippen LogP contribution >= 0.6 is 15.9 Å². The zero-order valence-electron chi connectivity index (χ0n) is 14.6. The topological polar surface area (TPSA) is 56.7 Å². The first kappa shape index (κ1) is 19.5. The molecule has 2 N–H and O–H groups in total. The Hall–Kier alpha value is -1.56. The van der Waals surface area contributed by atoms with Gasteiger partial charge in [-0.05, 0) is 24.6 Å². The van der Waals surface area contributed by atoms with Crippen molar-refractivity contribution in [3.63, 3.8) is 0 Å². The van der Waals surface area contributed by atoms with Crippen LogP contribution in [0.25, 0.3) is 0 Å². The van der Waals surface area contributed by atoms with Crippen LogP contribution in [0, 0.1) is 0 Å². The Morgan fingerprint density at radius 2 is 2.00 bits per heavy atom. The monoisotopic (exact) mass is 382 g/mol. The minimum absolute atomic E-state index is 0.0200. The van der Waals surface area contributed by atoms with Crippen LogP contribution in [0.5, 0.6) is 0 Å². The Balaban J connectivity index is 2.73. The third-order valence-electron chi connectivity index (χ3n) is 3.52. The summed E-state index contributed by atoms with van der Waals surface area (Å²) in [5.74, 6) is 0.638. The van der Waals surface area contributed by atoms with E-state index in [0.717, 1.165) is 11.0 Å². The summed E-state index contributed by atoms with van der Waals surface area (Å²) in [6.45, 7) is 7.96. The van der Waals surface area contributed by atoms with Gasteiger partial charge in [0.2, 0.25) is 5.91 Å². The lowest BCUT2D eigenvalue weighted by molar-refractivity contribution is -0.127. The molecule has 0 fully saturated rings. The molecule has 0 radical (unpaired) electrons. The van der Waals surface area contributed by atoms with Crippen molar-refractivity contribution in [3.05, 3.63) is 34.3 Å². The Morgan fingerprint density at radius 3 is 2.57 bits per heavy atom. The first-order chi connectivity index (χ1) is 10.8. The maximum Gasteiger partial charge on any atom is 0.243 e. The molecule has 0 aliphatic rings. The van der Waals surface area contributed by atoms with E-state index in [2.05, 4.69) is 57.5 Å². The van der Waals surface area contributed by atoms with E-state index in [4.69, 9.17) is 0 Å². The average molecular weight is 383 g/mol. The predicted molar refractivity (Wildman–Crippen MR) is 99.8 cm³/mol. The van der Waals surface area contributed by atoms with Gasteiger partial charge in [-0.2, -0.15) is 0 Å². The zero-order chi connectivity index (χ0) is 17.5. The molecule has 1 rings (SSSR count). The summed E-state index contributed by atoms with van der Waals surface area (Å²) in [7, 11) is 3.46. The number of amides is 1. The number of carbonyl (C=O) groups is 1. The van der Waals surface area contributed by atoms with E-state index in [1.807, 2.05) is 19.1 Å². The van der Waals surface area contributed by atoms with Crippen molar-refractivity contribution in [2.75, 3.05) is 33.7 Å². The molecule has 23 heavy (non-hydrogen) atoms. The molecule has 1 amide bonds. The minimum atomic E-state index is -0.0640. The lowest BCUT2D eigenvalue weighted by Crippen LogP contribution is -2.44. The zero-order valence-corrected chi connectivity index (χ0v) is 16.2. The lowest BCUT2D eigenvalue weighted by atomic mass is 9.85. The largest absolute Gasteiger partial charge is 0.357 e. The smallest absolute Gasteiger partial charge is 0.243 e. The number of benzene rings is 1. The van der Waals surface area contributed by atoms with E-state index in [0.29, 0.717) is 12.5 Å². The maximum absolute atomic E-state index is 11.7. The quantitative estimate of drug-likeness (QED) is 0.586. The Kier molecular flexibility index (Phi) is 7.55. The van der Waals surface area contributed by atoms with E-state index >= 15 is 0 Å². The summed E-state index contributed by atoms with van der Waals surface area (Å²) in [5.41, 5.74) is 1.17. The maximum atomic E-state index is 11.7. The van der Waals surface area contributed by atoms with Crippen LogP contribution in [0.4, 0.5) is 0 Å². The highest BCUT2D eigenvalue weighted by Crippen LogP contribution is 2.24. The van der Waals surface area contributed by atoms with Gasteiger partial charge < -0.3 is 15.5 Å². The number of nitrogens with zero attached hydrogens (tertiary/aromatic N) is 2. The number of carbonyl (C=O) groups excluding carboxylic acids is 1. The fourth-order valence-corrected chi connectivity index (χ4v) is 2.35. The molecule has 5 nitrogen and oxygen atoms in total. The molecule has 1 aromatic carbocycles. The number of rotatable bonds is 6. The summed E-state index contributed by atoms with van der Waals surface area (Å²) in [6.07, 6.45) is 0. The summed E-state index contributed by atoms with van der Waals surface area (Å²) in [6, 6.07) is 8.30. The van der Waals surface area contributed by atoms with Gasteiger partial charge >= 0.3 is 0 Å². The van der Waals surface area contributed by atoms with Crippen molar-refractivity contribution in [1.29, 1.82) is 0 Å². The number of hydrogen-bond acceptors (Lipinski definition) is 2. The van der Waals surface area contributed by atoms with Gasteiger partial charge in [0, 0.05) is 37.1 Å². The van der Waals surface area contributed by atoms with Gasteiger partial charge in [0.05, 0.1) is 0 Å². The molecule has 0 bridgehead atoms. The molecular formula is C17H27BrN4O. The average Bonchev–Trinajstić information content (AvgIpc) is 2.49. The molecule has 0 aliphatic carbocycles. The van der Waals surface area contributed by atoms with Crippen molar-refractivity contribution in [2.45, 2.75) is 26.2 Å². The molecule has 0 aromatic heterocycles. The van der Waals surface area contributed by atoms with E-state index in [9.17, 15) is 4.79 Å². The number of halogens is 1. The van der Waals surface area contributed by atoms with Crippen LogP contribution < -0.4 is 10.6 Å². The minimum Gasteiger partial charge on any atom is -0.357 e. The fourth-order valence-electron chi connectivity index (χ4n) is 1.95. The SMILES string of the molecule is CCNC(=NCC(=O)N(C)C)NCC(C)(C)c1cccc(Br)c1. The molecule has 0 saturated heterocycles. The molecule has 0 spiro atoms. The number of likely N-dealkylation sites (N-methyl/N-ethyl adjacent to an activating group) is 1. The fraction of sp³-hybridized carbons (Fsp3) is 0.529. The van der Waals surface area contributed by atoms with Crippen LogP contribution in [0.2, 0.25) is 0 Å². The van der Waals surface area contributed by atoms with E-state index in [1.54, 1.807) is 19.0 Å². The molecule has 0 atom stereocenters. The van der Waals surface area contributed by atoms with Crippen LogP contribution in [0.3, 0.4) is 0 Å². The molecule has 0 heterocycles. The second-order valence-corrected chi connectivity index (χ2v) is 7.15. The Labute approximate surface area is 147 Å². The summed E-state index contributed by atoms with van der Waals surface area (Å²) < 4.78 is 1.07. The number of guanidine groups is 1. The Bertz CT molecular complexity index is 555. The van der Waals surface area contributed by atoms with Crippen molar-refractivity contribution in [3.8, 4) is 0 Å². The first-order valence-corrected chi connectivity index (χ1v) is 8.54.